The molecule has 0 bridgehead atoms. The zero-order valence-corrected chi connectivity index (χ0v) is 13.3. The fraction of sp³-hybridized carbons (Fsp3) is 0.471. The van der Waals surface area contributed by atoms with E-state index in [-0.39, 0.29) is 19.8 Å². The Labute approximate surface area is 140 Å². The van der Waals surface area contributed by atoms with Gasteiger partial charge in [0.1, 0.15) is 12.6 Å². The molecule has 1 aliphatic heterocycles. The summed E-state index contributed by atoms with van der Waals surface area (Å²) >= 11 is 0. The van der Waals surface area contributed by atoms with Crippen molar-refractivity contribution < 1.29 is 29.0 Å². The second-order valence-corrected chi connectivity index (χ2v) is 5.61. The second kappa shape index (κ2) is 8.90. The lowest BCUT2D eigenvalue weighted by Crippen LogP contribution is -2.38. The molecule has 1 heterocycles. The minimum atomic E-state index is -0.832. The van der Waals surface area contributed by atoms with Gasteiger partial charge in [0.2, 0.25) is 0 Å². The molecule has 24 heavy (non-hydrogen) atoms. The van der Waals surface area contributed by atoms with E-state index in [9.17, 15) is 14.4 Å². The molecular weight excluding hydrogens is 314 g/mol. The van der Waals surface area contributed by atoms with Crippen molar-refractivity contribution in [1.29, 1.82) is 0 Å². The van der Waals surface area contributed by atoms with Gasteiger partial charge < -0.3 is 14.6 Å². The highest BCUT2D eigenvalue weighted by Gasteiger charge is 2.38. The number of amides is 1. The number of hydrogen-bond donors (Lipinski definition) is 1. The van der Waals surface area contributed by atoms with Crippen molar-refractivity contribution in [2.75, 3.05) is 6.73 Å². The largest absolute Gasteiger partial charge is 0.481 e. The van der Waals surface area contributed by atoms with Crippen LogP contribution in [0.2, 0.25) is 0 Å². The number of carboxylic acids is 1. The monoisotopic (exact) mass is 335 g/mol. The molecule has 1 N–H and O–H groups in total. The number of aliphatic carboxylic acids is 1. The van der Waals surface area contributed by atoms with E-state index in [2.05, 4.69) is 0 Å². The number of hydrogen-bond acceptors (Lipinski definition) is 5. The van der Waals surface area contributed by atoms with Gasteiger partial charge in [-0.15, -0.1) is 0 Å². The first-order chi connectivity index (χ1) is 11.6. The van der Waals surface area contributed by atoms with E-state index in [1.54, 1.807) is 0 Å². The zero-order chi connectivity index (χ0) is 17.4. The van der Waals surface area contributed by atoms with Gasteiger partial charge in [-0.05, 0) is 18.4 Å². The number of carboxylic acid groups (broad SMARTS) is 1. The van der Waals surface area contributed by atoms with Gasteiger partial charge in [-0.2, -0.15) is 0 Å². The molecule has 1 fully saturated rings. The fourth-order valence-electron chi connectivity index (χ4n) is 2.49. The number of unbranched alkanes of at least 4 members (excludes halogenated alkanes) is 2. The molecule has 2 rings (SSSR count). The quantitative estimate of drug-likeness (QED) is 0.580. The molecular formula is C17H21NO6. The van der Waals surface area contributed by atoms with E-state index >= 15 is 0 Å². The van der Waals surface area contributed by atoms with Crippen molar-refractivity contribution in [2.24, 2.45) is 0 Å². The van der Waals surface area contributed by atoms with E-state index in [1.807, 2.05) is 30.3 Å². The highest BCUT2D eigenvalue weighted by molar-refractivity contribution is 5.83. The third-order valence-corrected chi connectivity index (χ3v) is 3.80. The highest BCUT2D eigenvalue weighted by Crippen LogP contribution is 2.19. The molecule has 1 aromatic rings. The van der Waals surface area contributed by atoms with Crippen LogP contribution in [0.5, 0.6) is 0 Å². The van der Waals surface area contributed by atoms with Gasteiger partial charge in [0.25, 0.3) is 0 Å². The lowest BCUT2D eigenvalue weighted by molar-refractivity contribution is -0.139. The molecule has 1 atom stereocenters. The number of cyclic esters (lactones) is 1. The summed E-state index contributed by atoms with van der Waals surface area (Å²) in [5.41, 5.74) is 0.863. The average molecular weight is 335 g/mol. The summed E-state index contributed by atoms with van der Waals surface area (Å²) in [5, 5.41) is 8.59. The first-order valence-electron chi connectivity index (χ1n) is 7.93. The SMILES string of the molecule is O=C(O)CCCCCC1C(=O)OCN1C(=O)OCc1ccccc1. The van der Waals surface area contributed by atoms with Gasteiger partial charge in [0, 0.05) is 6.42 Å². The first kappa shape index (κ1) is 17.8. The number of benzene rings is 1. The number of esters is 1. The fourth-order valence-corrected chi connectivity index (χ4v) is 2.49. The maximum Gasteiger partial charge on any atom is 0.413 e. The van der Waals surface area contributed by atoms with Crippen LogP contribution in [0.15, 0.2) is 30.3 Å². The first-order valence-corrected chi connectivity index (χ1v) is 7.93. The third kappa shape index (κ3) is 5.26. The normalized spacial score (nSPS) is 16.8. The standard InChI is InChI=1S/C17H21NO6/c19-15(20)10-6-2-5-9-14-16(21)24-12-18(14)17(22)23-11-13-7-3-1-4-8-13/h1,3-4,7-8,14H,2,5-6,9-12H2,(H,19,20). The van der Waals surface area contributed by atoms with Gasteiger partial charge in [-0.25, -0.2) is 9.59 Å². The van der Waals surface area contributed by atoms with Crippen LogP contribution in [0.4, 0.5) is 4.79 Å². The minimum absolute atomic E-state index is 0.105. The number of ether oxygens (including phenoxy) is 2. The number of carbonyl (C=O) groups excluding carboxylic acids is 2. The van der Waals surface area contributed by atoms with Crippen molar-refractivity contribution in [3.8, 4) is 0 Å². The van der Waals surface area contributed by atoms with E-state index in [1.165, 1.54) is 4.90 Å². The number of carbonyl (C=O) groups is 3. The topological polar surface area (TPSA) is 93.1 Å². The van der Waals surface area contributed by atoms with Gasteiger partial charge in [0.05, 0.1) is 0 Å². The van der Waals surface area contributed by atoms with Crippen LogP contribution in [0.1, 0.15) is 37.7 Å². The predicted molar refractivity (Wildman–Crippen MR) is 83.9 cm³/mol. The van der Waals surface area contributed by atoms with Crippen LogP contribution >= 0.6 is 0 Å². The Morgan fingerprint density at radius 2 is 1.96 bits per heavy atom. The summed E-state index contributed by atoms with van der Waals surface area (Å²) in [7, 11) is 0. The van der Waals surface area contributed by atoms with E-state index in [0.717, 1.165) is 5.56 Å². The van der Waals surface area contributed by atoms with Crippen molar-refractivity contribution in [2.45, 2.75) is 44.8 Å². The number of nitrogens with zero attached hydrogens (tertiary/aromatic N) is 1. The minimum Gasteiger partial charge on any atom is -0.481 e. The van der Waals surface area contributed by atoms with Gasteiger partial charge in [-0.3, -0.25) is 9.69 Å². The van der Waals surface area contributed by atoms with Crippen molar-refractivity contribution in [1.82, 2.24) is 4.90 Å². The maximum atomic E-state index is 12.1. The molecule has 1 aromatic carbocycles. The third-order valence-electron chi connectivity index (χ3n) is 3.80. The van der Waals surface area contributed by atoms with Crippen LogP contribution in [0.3, 0.4) is 0 Å². The maximum absolute atomic E-state index is 12.1. The van der Waals surface area contributed by atoms with Crippen molar-refractivity contribution in [3.05, 3.63) is 35.9 Å². The molecule has 1 aliphatic rings. The van der Waals surface area contributed by atoms with Crippen LogP contribution in [-0.2, 0) is 25.7 Å². The van der Waals surface area contributed by atoms with Crippen molar-refractivity contribution in [3.63, 3.8) is 0 Å². The molecule has 1 amide bonds. The van der Waals surface area contributed by atoms with E-state index < -0.39 is 24.1 Å². The highest BCUT2D eigenvalue weighted by atomic mass is 16.6. The van der Waals surface area contributed by atoms with Gasteiger partial charge in [-0.1, -0.05) is 43.2 Å². The molecule has 7 nitrogen and oxygen atoms in total. The molecule has 130 valence electrons. The van der Waals surface area contributed by atoms with Crippen molar-refractivity contribution >= 4 is 18.0 Å². The van der Waals surface area contributed by atoms with Gasteiger partial charge in [0.15, 0.2) is 6.73 Å². The summed E-state index contributed by atoms with van der Waals surface area (Å²) < 4.78 is 10.2. The second-order valence-electron chi connectivity index (χ2n) is 5.61. The Bertz CT molecular complexity index is 574. The summed E-state index contributed by atoms with van der Waals surface area (Å²) in [4.78, 5) is 35.7. The molecule has 0 saturated carbocycles. The molecule has 0 aliphatic carbocycles. The summed E-state index contributed by atoms with van der Waals surface area (Å²) in [5.74, 6) is -1.27. The summed E-state index contributed by atoms with van der Waals surface area (Å²) in [6, 6.07) is 8.62. The Balaban J connectivity index is 1.78. The molecule has 0 spiro atoms. The van der Waals surface area contributed by atoms with Crippen LogP contribution in [0, 0.1) is 0 Å². The zero-order valence-electron chi connectivity index (χ0n) is 13.3. The molecule has 0 aromatic heterocycles. The van der Waals surface area contributed by atoms with Crippen LogP contribution in [-0.4, -0.2) is 40.8 Å². The predicted octanol–water partition coefficient (Wildman–Crippen LogP) is 2.54. The molecule has 1 unspecified atom stereocenters. The summed E-state index contributed by atoms with van der Waals surface area (Å²) in [6.07, 6.45) is 1.85. The van der Waals surface area contributed by atoms with Crippen LogP contribution in [0.25, 0.3) is 0 Å². The van der Waals surface area contributed by atoms with Crippen LogP contribution < -0.4 is 0 Å². The lowest BCUT2D eigenvalue weighted by Gasteiger charge is -2.19. The lowest BCUT2D eigenvalue weighted by atomic mass is 10.1. The smallest absolute Gasteiger partial charge is 0.413 e. The Kier molecular flexibility index (Phi) is 6.60. The van der Waals surface area contributed by atoms with E-state index in [4.69, 9.17) is 14.6 Å². The van der Waals surface area contributed by atoms with E-state index in [0.29, 0.717) is 25.7 Å². The molecule has 7 heteroatoms. The molecule has 1 saturated heterocycles. The Morgan fingerprint density at radius 3 is 2.67 bits per heavy atom. The summed E-state index contributed by atoms with van der Waals surface area (Å²) in [6.45, 7) is 0.0297. The molecule has 0 radical (unpaired) electrons. The van der Waals surface area contributed by atoms with Gasteiger partial charge >= 0.3 is 18.0 Å². The number of rotatable bonds is 8. The Morgan fingerprint density at radius 1 is 1.21 bits per heavy atom. The average Bonchev–Trinajstić information content (AvgIpc) is 2.94. The Hall–Kier alpha value is -2.57.